The molecule has 2 rings (SSSR count). The maximum Gasteiger partial charge on any atom is 0.224 e. The van der Waals surface area contributed by atoms with Gasteiger partial charge in [0.1, 0.15) is 0 Å². The number of hydrogen-bond acceptors (Lipinski definition) is 1. The number of amides is 1. The highest BCUT2D eigenvalue weighted by molar-refractivity contribution is 5.91. The number of anilines is 1. The Bertz CT molecular complexity index is 546. The molecular weight excluding hydrogens is 234 g/mol. The van der Waals surface area contributed by atoms with Crippen LogP contribution < -0.4 is 4.90 Å². The van der Waals surface area contributed by atoms with Gasteiger partial charge < -0.3 is 4.90 Å². The van der Waals surface area contributed by atoms with Crippen LogP contribution in [0, 0.1) is 0 Å². The van der Waals surface area contributed by atoms with E-state index in [1.54, 1.807) is 11.8 Å². The van der Waals surface area contributed by atoms with Gasteiger partial charge in [-0.1, -0.05) is 60.7 Å². The minimum atomic E-state index is 0.0453. The molecule has 2 heteroatoms. The summed E-state index contributed by atoms with van der Waals surface area (Å²) in [5.41, 5.74) is 2.06. The molecule has 1 amide bonds. The molecule has 0 aliphatic carbocycles. The van der Waals surface area contributed by atoms with Crippen molar-refractivity contribution in [1.82, 2.24) is 0 Å². The van der Waals surface area contributed by atoms with Gasteiger partial charge in [0.05, 0.1) is 0 Å². The van der Waals surface area contributed by atoms with E-state index in [4.69, 9.17) is 0 Å². The first-order valence-corrected chi connectivity index (χ1v) is 6.32. The monoisotopic (exact) mass is 251 g/mol. The highest BCUT2D eigenvalue weighted by atomic mass is 16.2. The Morgan fingerprint density at radius 2 is 1.58 bits per heavy atom. The molecular formula is C17H17NO. The quantitative estimate of drug-likeness (QED) is 0.810. The molecule has 96 valence electrons. The van der Waals surface area contributed by atoms with Crippen molar-refractivity contribution in [3.05, 3.63) is 72.3 Å². The van der Waals surface area contributed by atoms with Crippen LogP contribution in [0.5, 0.6) is 0 Å². The lowest BCUT2D eigenvalue weighted by atomic mass is 10.2. The van der Waals surface area contributed by atoms with Crippen LogP contribution in [0.3, 0.4) is 0 Å². The highest BCUT2D eigenvalue weighted by Gasteiger charge is 2.08. The lowest BCUT2D eigenvalue weighted by molar-refractivity contribution is -0.116. The summed E-state index contributed by atoms with van der Waals surface area (Å²) in [6.07, 6.45) is 4.03. The van der Waals surface area contributed by atoms with Crippen LogP contribution >= 0.6 is 0 Å². The van der Waals surface area contributed by atoms with Gasteiger partial charge in [-0.2, -0.15) is 0 Å². The van der Waals surface area contributed by atoms with Crippen LogP contribution in [0.15, 0.2) is 66.7 Å². The smallest absolute Gasteiger partial charge is 0.224 e. The number of hydrogen-bond donors (Lipinski definition) is 0. The van der Waals surface area contributed by atoms with Crippen molar-refractivity contribution in [2.45, 2.75) is 6.92 Å². The van der Waals surface area contributed by atoms with Crippen molar-refractivity contribution >= 4 is 17.7 Å². The summed E-state index contributed by atoms with van der Waals surface area (Å²) in [4.78, 5) is 13.4. The van der Waals surface area contributed by atoms with Crippen molar-refractivity contribution in [1.29, 1.82) is 0 Å². The molecule has 0 saturated heterocycles. The number of rotatable bonds is 4. The van der Waals surface area contributed by atoms with Crippen LogP contribution in [0.1, 0.15) is 12.5 Å². The highest BCUT2D eigenvalue weighted by Crippen LogP contribution is 2.13. The van der Waals surface area contributed by atoms with Crippen molar-refractivity contribution < 1.29 is 4.79 Å². The topological polar surface area (TPSA) is 20.3 Å². The van der Waals surface area contributed by atoms with Crippen molar-refractivity contribution in [2.24, 2.45) is 0 Å². The van der Waals surface area contributed by atoms with Crippen LogP contribution in [-0.2, 0) is 4.79 Å². The molecule has 0 saturated carbocycles. The van der Waals surface area contributed by atoms with Gasteiger partial charge >= 0.3 is 0 Å². The first-order chi connectivity index (χ1) is 9.27. The zero-order valence-corrected chi connectivity index (χ0v) is 11.0. The Balaban J connectivity index is 2.07. The van der Waals surface area contributed by atoms with Gasteiger partial charge in [0, 0.05) is 19.2 Å². The normalized spacial score (nSPS) is 10.6. The second-order valence-corrected chi connectivity index (χ2v) is 4.28. The summed E-state index contributed by atoms with van der Waals surface area (Å²) in [7, 11) is 0. The summed E-state index contributed by atoms with van der Waals surface area (Å²) in [5, 5.41) is 0. The van der Waals surface area contributed by atoms with E-state index < -0.39 is 0 Å². The fourth-order valence-electron chi connectivity index (χ4n) is 1.88. The van der Waals surface area contributed by atoms with Gasteiger partial charge in [-0.3, -0.25) is 4.79 Å². The van der Waals surface area contributed by atoms with E-state index in [-0.39, 0.29) is 5.91 Å². The molecule has 0 unspecified atom stereocenters. The molecule has 0 aromatic heterocycles. The summed E-state index contributed by atoms with van der Waals surface area (Å²) >= 11 is 0. The maximum absolute atomic E-state index is 11.7. The van der Waals surface area contributed by atoms with Crippen molar-refractivity contribution in [3.8, 4) is 0 Å². The predicted molar refractivity (Wildman–Crippen MR) is 79.9 cm³/mol. The second kappa shape index (κ2) is 6.55. The molecule has 0 spiro atoms. The average Bonchev–Trinajstić information content (AvgIpc) is 2.45. The molecule has 0 radical (unpaired) electrons. The Morgan fingerprint density at radius 1 is 1.00 bits per heavy atom. The summed E-state index contributed by atoms with van der Waals surface area (Å²) < 4.78 is 0. The second-order valence-electron chi connectivity index (χ2n) is 4.28. The average molecular weight is 251 g/mol. The zero-order chi connectivity index (χ0) is 13.5. The summed E-state index contributed by atoms with van der Waals surface area (Å²) in [6.45, 7) is 2.16. The number of carbonyl (C=O) groups excluding carboxylic acids is 1. The van der Waals surface area contributed by atoms with E-state index >= 15 is 0 Å². The van der Waals surface area contributed by atoms with Crippen molar-refractivity contribution in [3.63, 3.8) is 0 Å². The zero-order valence-electron chi connectivity index (χ0n) is 11.0. The van der Waals surface area contributed by atoms with E-state index in [9.17, 15) is 4.79 Å². The number of benzene rings is 2. The number of nitrogens with zero attached hydrogens (tertiary/aromatic N) is 1. The maximum atomic E-state index is 11.7. The van der Waals surface area contributed by atoms with Gasteiger partial charge in [-0.05, 0) is 17.7 Å². The van der Waals surface area contributed by atoms with E-state index in [0.717, 1.165) is 11.3 Å². The SMILES string of the molecule is CC(=O)N(CC=Cc1ccccc1)c1ccccc1. The first-order valence-electron chi connectivity index (χ1n) is 6.32. The third kappa shape index (κ3) is 3.81. The number of carbonyl (C=O) groups is 1. The van der Waals surface area contributed by atoms with Crippen LogP contribution in [0.4, 0.5) is 5.69 Å². The fraction of sp³-hybridized carbons (Fsp3) is 0.118. The third-order valence-electron chi connectivity index (χ3n) is 2.85. The molecule has 0 atom stereocenters. The molecule has 0 aliphatic heterocycles. The van der Waals surface area contributed by atoms with E-state index in [1.807, 2.05) is 72.8 Å². The van der Waals surface area contributed by atoms with Gasteiger partial charge in [-0.25, -0.2) is 0 Å². The molecule has 0 fully saturated rings. The molecule has 0 bridgehead atoms. The predicted octanol–water partition coefficient (Wildman–Crippen LogP) is 3.75. The lowest BCUT2D eigenvalue weighted by Gasteiger charge is -2.19. The molecule has 2 aromatic rings. The molecule has 0 aliphatic rings. The Morgan fingerprint density at radius 3 is 2.16 bits per heavy atom. The molecule has 2 nitrogen and oxygen atoms in total. The number of para-hydroxylation sites is 1. The van der Waals surface area contributed by atoms with E-state index in [0.29, 0.717) is 6.54 Å². The van der Waals surface area contributed by atoms with Gasteiger partial charge in [0.2, 0.25) is 5.91 Å². The third-order valence-corrected chi connectivity index (χ3v) is 2.85. The fourth-order valence-corrected chi connectivity index (χ4v) is 1.88. The first kappa shape index (κ1) is 13.1. The molecule has 0 heterocycles. The Kier molecular flexibility index (Phi) is 4.51. The molecule has 0 N–H and O–H groups in total. The Labute approximate surface area is 114 Å². The van der Waals surface area contributed by atoms with Crippen LogP contribution in [-0.4, -0.2) is 12.5 Å². The standard InChI is InChI=1S/C17H17NO/c1-15(19)18(17-12-6-3-7-13-17)14-8-11-16-9-4-2-5-10-16/h2-13H,14H2,1H3. The van der Waals surface area contributed by atoms with Gasteiger partial charge in [0.25, 0.3) is 0 Å². The summed E-state index contributed by atoms with van der Waals surface area (Å²) in [6, 6.07) is 19.8. The van der Waals surface area contributed by atoms with Crippen LogP contribution in [0.2, 0.25) is 0 Å². The van der Waals surface area contributed by atoms with Crippen molar-refractivity contribution in [2.75, 3.05) is 11.4 Å². The largest absolute Gasteiger partial charge is 0.309 e. The summed E-state index contributed by atoms with van der Waals surface area (Å²) in [5.74, 6) is 0.0453. The van der Waals surface area contributed by atoms with Gasteiger partial charge in [0.15, 0.2) is 0 Å². The minimum absolute atomic E-state index is 0.0453. The van der Waals surface area contributed by atoms with E-state index in [2.05, 4.69) is 0 Å². The Hall–Kier alpha value is -2.35. The molecule has 19 heavy (non-hydrogen) atoms. The lowest BCUT2D eigenvalue weighted by Crippen LogP contribution is -2.28. The van der Waals surface area contributed by atoms with Gasteiger partial charge in [-0.15, -0.1) is 0 Å². The minimum Gasteiger partial charge on any atom is -0.309 e. The molecule has 2 aromatic carbocycles. The van der Waals surface area contributed by atoms with E-state index in [1.165, 1.54) is 0 Å². The van der Waals surface area contributed by atoms with Crippen LogP contribution in [0.25, 0.3) is 6.08 Å².